The van der Waals surface area contributed by atoms with Gasteiger partial charge in [0.25, 0.3) is 0 Å². The largest absolute Gasteiger partial charge is 0.478 e. The van der Waals surface area contributed by atoms with Crippen LogP contribution in [0, 0.1) is 0 Å². The molecular weight excluding hydrogens is 380 g/mol. The maximum atomic E-state index is 12.5. The summed E-state index contributed by atoms with van der Waals surface area (Å²) in [5, 5.41) is 12.7. The molecule has 8 heteroatoms. The molecule has 0 aliphatic carbocycles. The Balaban J connectivity index is 1.79. The van der Waals surface area contributed by atoms with Gasteiger partial charge < -0.3 is 15.2 Å². The van der Waals surface area contributed by atoms with Crippen molar-refractivity contribution < 1.29 is 23.1 Å². The first kappa shape index (κ1) is 20.3. The van der Waals surface area contributed by atoms with Crippen molar-refractivity contribution in [2.24, 2.45) is 0 Å². The lowest BCUT2D eigenvalue weighted by molar-refractivity contribution is 0.0697. The van der Waals surface area contributed by atoms with E-state index in [1.807, 2.05) is 37.3 Å². The predicted molar refractivity (Wildman–Crippen MR) is 106 cm³/mol. The summed E-state index contributed by atoms with van der Waals surface area (Å²) in [7, 11) is -3.82. The van der Waals surface area contributed by atoms with Crippen LogP contribution in [0.2, 0.25) is 0 Å². The van der Waals surface area contributed by atoms with E-state index in [-0.39, 0.29) is 29.1 Å². The van der Waals surface area contributed by atoms with E-state index in [0.717, 1.165) is 18.4 Å². The number of aromatic carboxylic acids is 1. The quantitative estimate of drug-likeness (QED) is 0.625. The van der Waals surface area contributed by atoms with Crippen LogP contribution in [0.3, 0.4) is 0 Å². The van der Waals surface area contributed by atoms with E-state index in [4.69, 9.17) is 4.74 Å². The minimum Gasteiger partial charge on any atom is -0.478 e. The van der Waals surface area contributed by atoms with E-state index < -0.39 is 16.0 Å². The highest BCUT2D eigenvalue weighted by atomic mass is 32.2. The van der Waals surface area contributed by atoms with Gasteiger partial charge in [-0.25, -0.2) is 17.9 Å². The SMILES string of the molecule is C[C@@H](Nc1ccc(S(=O)(=O)NC[C@H]2CCCO2)cc1C(=O)O)c1ccccc1. The molecule has 28 heavy (non-hydrogen) atoms. The normalized spacial score (nSPS) is 18.0. The highest BCUT2D eigenvalue weighted by Crippen LogP contribution is 2.25. The van der Waals surface area contributed by atoms with Crippen LogP contribution >= 0.6 is 0 Å². The molecule has 2 atom stereocenters. The van der Waals surface area contributed by atoms with Crippen LogP contribution in [-0.2, 0) is 14.8 Å². The summed E-state index contributed by atoms with van der Waals surface area (Å²) >= 11 is 0. The van der Waals surface area contributed by atoms with Gasteiger partial charge >= 0.3 is 5.97 Å². The van der Waals surface area contributed by atoms with E-state index in [1.54, 1.807) is 0 Å². The molecule has 150 valence electrons. The number of carbonyl (C=O) groups is 1. The number of benzene rings is 2. The fourth-order valence-corrected chi connectivity index (χ4v) is 4.24. The summed E-state index contributed by atoms with van der Waals surface area (Å²) in [6, 6.07) is 13.5. The molecule has 0 unspecified atom stereocenters. The Labute approximate surface area is 164 Å². The summed E-state index contributed by atoms with van der Waals surface area (Å²) in [5.41, 5.74) is 1.26. The lowest BCUT2D eigenvalue weighted by Crippen LogP contribution is -2.32. The Morgan fingerprint density at radius 2 is 2.00 bits per heavy atom. The van der Waals surface area contributed by atoms with Gasteiger partial charge in [-0.05, 0) is 43.5 Å². The highest BCUT2D eigenvalue weighted by Gasteiger charge is 2.22. The second kappa shape index (κ2) is 8.72. The number of sulfonamides is 1. The fourth-order valence-electron chi connectivity index (χ4n) is 3.14. The van der Waals surface area contributed by atoms with Gasteiger partial charge in [0.2, 0.25) is 10.0 Å². The minimum absolute atomic E-state index is 0.0826. The minimum atomic E-state index is -3.82. The first-order valence-corrected chi connectivity index (χ1v) is 10.7. The number of hydrogen-bond acceptors (Lipinski definition) is 5. The molecule has 1 aliphatic heterocycles. The number of nitrogens with one attached hydrogen (secondary N) is 2. The second-order valence-corrected chi connectivity index (χ2v) is 8.54. The topological polar surface area (TPSA) is 105 Å². The molecule has 7 nitrogen and oxygen atoms in total. The lowest BCUT2D eigenvalue weighted by atomic mass is 10.1. The molecule has 1 heterocycles. The molecule has 2 aromatic carbocycles. The zero-order valence-corrected chi connectivity index (χ0v) is 16.4. The molecule has 1 fully saturated rings. The summed E-state index contributed by atoms with van der Waals surface area (Å²) in [5.74, 6) is -1.20. The van der Waals surface area contributed by atoms with Crippen molar-refractivity contribution in [3.8, 4) is 0 Å². The van der Waals surface area contributed by atoms with E-state index in [0.29, 0.717) is 12.3 Å². The Bertz CT molecular complexity index is 925. The first-order chi connectivity index (χ1) is 13.4. The zero-order valence-electron chi connectivity index (χ0n) is 15.6. The van der Waals surface area contributed by atoms with Crippen LogP contribution < -0.4 is 10.0 Å². The van der Waals surface area contributed by atoms with Crippen molar-refractivity contribution >= 4 is 21.7 Å². The van der Waals surface area contributed by atoms with Crippen molar-refractivity contribution in [2.75, 3.05) is 18.5 Å². The third-order valence-electron chi connectivity index (χ3n) is 4.73. The Hall–Kier alpha value is -2.42. The molecule has 0 bridgehead atoms. The molecule has 3 N–H and O–H groups in total. The Morgan fingerprint density at radius 1 is 1.25 bits per heavy atom. The molecule has 1 aliphatic rings. The third kappa shape index (κ3) is 4.89. The standard InChI is InChI=1S/C20H24N2O5S/c1-14(15-6-3-2-4-7-15)22-19-10-9-17(12-18(19)20(23)24)28(25,26)21-13-16-8-5-11-27-16/h2-4,6-7,9-10,12,14,16,21-22H,5,8,11,13H2,1H3,(H,23,24)/t14-,16-/m1/s1. The second-order valence-electron chi connectivity index (χ2n) is 6.78. The number of hydrogen-bond donors (Lipinski definition) is 3. The summed E-state index contributed by atoms with van der Waals surface area (Å²) in [6.45, 7) is 2.72. The Morgan fingerprint density at radius 3 is 2.64 bits per heavy atom. The molecule has 0 aromatic heterocycles. The third-order valence-corrected chi connectivity index (χ3v) is 6.15. The highest BCUT2D eigenvalue weighted by molar-refractivity contribution is 7.89. The van der Waals surface area contributed by atoms with E-state index in [2.05, 4.69) is 10.0 Å². The molecule has 0 radical (unpaired) electrons. The van der Waals surface area contributed by atoms with Crippen LogP contribution in [0.15, 0.2) is 53.4 Å². The van der Waals surface area contributed by atoms with Crippen LogP contribution in [-0.4, -0.2) is 38.7 Å². The fraction of sp³-hybridized carbons (Fsp3) is 0.350. The van der Waals surface area contributed by atoms with Crippen molar-refractivity contribution in [3.63, 3.8) is 0 Å². The first-order valence-electron chi connectivity index (χ1n) is 9.17. The number of anilines is 1. The number of ether oxygens (including phenoxy) is 1. The zero-order chi connectivity index (χ0) is 20.1. The summed E-state index contributed by atoms with van der Waals surface area (Å²) in [4.78, 5) is 11.6. The van der Waals surface area contributed by atoms with Gasteiger partial charge in [-0.2, -0.15) is 0 Å². The van der Waals surface area contributed by atoms with Crippen LogP contribution in [0.5, 0.6) is 0 Å². The molecule has 1 saturated heterocycles. The number of carboxylic acid groups (broad SMARTS) is 1. The number of carboxylic acids is 1. The van der Waals surface area contributed by atoms with Crippen LogP contribution in [0.25, 0.3) is 0 Å². The molecule has 0 amide bonds. The van der Waals surface area contributed by atoms with E-state index in [9.17, 15) is 18.3 Å². The number of rotatable bonds is 8. The average Bonchev–Trinajstić information content (AvgIpc) is 3.21. The molecule has 0 spiro atoms. The van der Waals surface area contributed by atoms with E-state index >= 15 is 0 Å². The average molecular weight is 404 g/mol. The summed E-state index contributed by atoms with van der Waals surface area (Å²) in [6.07, 6.45) is 1.58. The van der Waals surface area contributed by atoms with E-state index in [1.165, 1.54) is 18.2 Å². The maximum absolute atomic E-state index is 12.5. The van der Waals surface area contributed by atoms with Gasteiger partial charge in [-0.3, -0.25) is 0 Å². The smallest absolute Gasteiger partial charge is 0.337 e. The van der Waals surface area contributed by atoms with Gasteiger partial charge in [0, 0.05) is 24.9 Å². The Kier molecular flexibility index (Phi) is 6.33. The summed E-state index contributed by atoms with van der Waals surface area (Å²) < 4.78 is 33.0. The van der Waals surface area contributed by atoms with Crippen LogP contribution in [0.4, 0.5) is 5.69 Å². The van der Waals surface area contributed by atoms with Gasteiger partial charge in [0.15, 0.2) is 0 Å². The van der Waals surface area contributed by atoms with Crippen LogP contribution in [0.1, 0.15) is 41.7 Å². The van der Waals surface area contributed by atoms with Gasteiger partial charge in [-0.15, -0.1) is 0 Å². The monoisotopic (exact) mass is 404 g/mol. The lowest BCUT2D eigenvalue weighted by Gasteiger charge is -2.18. The molecule has 0 saturated carbocycles. The molecule has 2 aromatic rings. The van der Waals surface area contributed by atoms with Gasteiger partial charge in [0.1, 0.15) is 0 Å². The van der Waals surface area contributed by atoms with Crippen molar-refractivity contribution in [1.82, 2.24) is 4.72 Å². The van der Waals surface area contributed by atoms with Crippen molar-refractivity contribution in [1.29, 1.82) is 0 Å². The van der Waals surface area contributed by atoms with Gasteiger partial charge in [0.05, 0.1) is 16.6 Å². The maximum Gasteiger partial charge on any atom is 0.337 e. The predicted octanol–water partition coefficient (Wildman–Crippen LogP) is 3.02. The molecule has 3 rings (SSSR count). The van der Waals surface area contributed by atoms with Crippen molar-refractivity contribution in [3.05, 3.63) is 59.7 Å². The van der Waals surface area contributed by atoms with Crippen molar-refractivity contribution in [2.45, 2.75) is 36.8 Å². The molecular formula is C20H24N2O5S. The van der Waals surface area contributed by atoms with Gasteiger partial charge in [-0.1, -0.05) is 30.3 Å².